The van der Waals surface area contributed by atoms with Crippen molar-refractivity contribution in [2.45, 2.75) is 33.6 Å². The monoisotopic (exact) mass is 444 g/mol. The summed E-state index contributed by atoms with van der Waals surface area (Å²) in [5, 5.41) is 6.70. The van der Waals surface area contributed by atoms with E-state index in [1.807, 2.05) is 29.6 Å². The third-order valence-electron chi connectivity index (χ3n) is 5.04. The number of likely N-dealkylation sites (tertiary alicyclic amines) is 1. The molecule has 0 radical (unpaired) electrons. The van der Waals surface area contributed by atoms with E-state index in [1.165, 1.54) is 17.8 Å². The number of piperidine rings is 1. The van der Waals surface area contributed by atoms with Gasteiger partial charge in [0.25, 0.3) is 0 Å². The maximum Gasteiger partial charge on any atom is 0.311 e. The molecule has 1 aliphatic rings. The lowest BCUT2D eigenvalue weighted by molar-refractivity contribution is -0.142. The molecule has 31 heavy (non-hydrogen) atoms. The fraction of sp³-hybridized carbons (Fsp3) is 0.522. The molecular formula is C23H32N4O3S. The van der Waals surface area contributed by atoms with E-state index in [-0.39, 0.29) is 12.4 Å². The Hall–Kier alpha value is -2.45. The van der Waals surface area contributed by atoms with Gasteiger partial charge in [0.2, 0.25) is 5.13 Å². The van der Waals surface area contributed by atoms with Crippen LogP contribution in [-0.4, -0.2) is 54.9 Å². The Morgan fingerprint density at radius 1 is 1.35 bits per heavy atom. The van der Waals surface area contributed by atoms with Gasteiger partial charge in [0.05, 0.1) is 24.9 Å². The lowest BCUT2D eigenvalue weighted by Crippen LogP contribution is -2.40. The maximum atomic E-state index is 11.5. The van der Waals surface area contributed by atoms with E-state index >= 15 is 0 Å². The molecule has 0 amide bonds. The number of anilines is 1. The largest absolute Gasteiger partial charge is 0.492 e. The van der Waals surface area contributed by atoms with Crippen LogP contribution in [0.15, 0.2) is 34.7 Å². The molecule has 1 fully saturated rings. The van der Waals surface area contributed by atoms with Crippen LogP contribution in [0.4, 0.5) is 5.13 Å². The third-order valence-corrected chi connectivity index (χ3v) is 5.83. The fourth-order valence-electron chi connectivity index (χ4n) is 3.91. The Kier molecular flexibility index (Phi) is 8.85. The first-order chi connectivity index (χ1) is 15.0. The molecule has 0 aliphatic carbocycles. The normalized spacial score (nSPS) is 19.5. The number of carbonyl (C=O) groups is 1. The zero-order valence-electron chi connectivity index (χ0n) is 18.5. The van der Waals surface area contributed by atoms with Crippen LogP contribution in [0.5, 0.6) is 5.75 Å². The molecule has 7 nitrogen and oxygen atoms in total. The molecule has 1 aromatic carbocycles. The first kappa shape index (κ1) is 23.2. The third kappa shape index (κ3) is 7.95. The molecule has 1 saturated heterocycles. The van der Waals surface area contributed by atoms with Crippen molar-refractivity contribution >= 4 is 28.7 Å². The second-order valence-corrected chi connectivity index (χ2v) is 8.98. The molecule has 2 aromatic rings. The number of hydrogen-bond acceptors (Lipinski definition) is 8. The van der Waals surface area contributed by atoms with E-state index in [0.717, 1.165) is 42.8 Å². The second-order valence-electron chi connectivity index (χ2n) is 8.12. The highest BCUT2D eigenvalue weighted by Gasteiger charge is 2.21. The molecule has 3 rings (SSSR count). The molecule has 2 heterocycles. The van der Waals surface area contributed by atoms with Crippen LogP contribution in [0.25, 0.3) is 0 Å². The van der Waals surface area contributed by atoms with Gasteiger partial charge in [-0.3, -0.25) is 15.1 Å². The fourth-order valence-corrected chi connectivity index (χ4v) is 4.57. The van der Waals surface area contributed by atoms with Crippen LogP contribution >= 0.6 is 11.3 Å². The first-order valence-electron chi connectivity index (χ1n) is 10.9. The number of nitrogens with zero attached hydrogens (tertiary/aromatic N) is 3. The first-order valence-corrected chi connectivity index (χ1v) is 11.7. The van der Waals surface area contributed by atoms with Crippen LogP contribution in [0.1, 0.15) is 38.4 Å². The second kappa shape index (κ2) is 11.8. The number of esters is 1. The summed E-state index contributed by atoms with van der Waals surface area (Å²) in [6, 6.07) is 7.87. The summed E-state index contributed by atoms with van der Waals surface area (Å²) in [6.45, 7) is 10.8. The van der Waals surface area contributed by atoms with Gasteiger partial charge in [-0.25, -0.2) is 4.98 Å². The zero-order valence-corrected chi connectivity index (χ0v) is 19.4. The number of hydrazone groups is 1. The van der Waals surface area contributed by atoms with Gasteiger partial charge in [-0.05, 0) is 42.9 Å². The topological polar surface area (TPSA) is 76.1 Å². The van der Waals surface area contributed by atoms with Gasteiger partial charge in [0, 0.05) is 25.0 Å². The molecule has 2 unspecified atom stereocenters. The molecule has 2 atom stereocenters. The van der Waals surface area contributed by atoms with Crippen molar-refractivity contribution in [2.75, 3.05) is 38.3 Å². The smallest absolute Gasteiger partial charge is 0.311 e. The van der Waals surface area contributed by atoms with Crippen molar-refractivity contribution < 1.29 is 14.3 Å². The van der Waals surface area contributed by atoms with Crippen LogP contribution < -0.4 is 10.2 Å². The summed E-state index contributed by atoms with van der Waals surface area (Å²) in [7, 11) is 0. The van der Waals surface area contributed by atoms with Gasteiger partial charge >= 0.3 is 5.97 Å². The van der Waals surface area contributed by atoms with Gasteiger partial charge in [-0.2, -0.15) is 5.10 Å². The Balaban J connectivity index is 1.44. The summed E-state index contributed by atoms with van der Waals surface area (Å²) < 4.78 is 10.9. The van der Waals surface area contributed by atoms with Gasteiger partial charge in [-0.15, -0.1) is 11.3 Å². The van der Waals surface area contributed by atoms with Crippen molar-refractivity contribution in [3.8, 4) is 5.75 Å². The maximum absolute atomic E-state index is 11.5. The predicted molar refractivity (Wildman–Crippen MR) is 125 cm³/mol. The molecule has 0 bridgehead atoms. The van der Waals surface area contributed by atoms with Crippen molar-refractivity contribution in [1.82, 2.24) is 9.88 Å². The van der Waals surface area contributed by atoms with Crippen LogP contribution in [0.3, 0.4) is 0 Å². The molecule has 0 spiro atoms. The Bertz CT molecular complexity index is 860. The summed E-state index contributed by atoms with van der Waals surface area (Å²) in [5.74, 6) is 2.08. The number of ether oxygens (including phenoxy) is 2. The predicted octanol–water partition coefficient (Wildman–Crippen LogP) is 4.05. The van der Waals surface area contributed by atoms with Crippen molar-refractivity contribution in [1.29, 1.82) is 0 Å². The highest BCUT2D eigenvalue weighted by molar-refractivity contribution is 7.13. The molecule has 0 saturated carbocycles. The van der Waals surface area contributed by atoms with E-state index in [2.05, 4.69) is 34.3 Å². The number of aromatic nitrogens is 1. The van der Waals surface area contributed by atoms with Crippen LogP contribution in [-0.2, 0) is 16.0 Å². The zero-order chi connectivity index (χ0) is 22.1. The molecule has 168 valence electrons. The van der Waals surface area contributed by atoms with Crippen LogP contribution in [0.2, 0.25) is 0 Å². The van der Waals surface area contributed by atoms with Crippen LogP contribution in [0, 0.1) is 11.8 Å². The number of carbonyl (C=O) groups excluding carboxylic acids is 1. The molecular weight excluding hydrogens is 412 g/mol. The summed E-state index contributed by atoms with van der Waals surface area (Å²) in [4.78, 5) is 18.4. The highest BCUT2D eigenvalue weighted by Crippen LogP contribution is 2.21. The summed E-state index contributed by atoms with van der Waals surface area (Å²) in [6.07, 6.45) is 3.22. The number of thiazole rings is 1. The summed E-state index contributed by atoms with van der Waals surface area (Å²) >= 11 is 1.40. The molecule has 1 N–H and O–H groups in total. The number of benzene rings is 1. The molecule has 8 heteroatoms. The Morgan fingerprint density at radius 3 is 2.94 bits per heavy atom. The van der Waals surface area contributed by atoms with E-state index in [4.69, 9.17) is 9.47 Å². The van der Waals surface area contributed by atoms with Gasteiger partial charge in [0.15, 0.2) is 0 Å². The molecule has 1 aliphatic heterocycles. The Labute approximate surface area is 188 Å². The number of nitrogens with one attached hydrogen (secondary N) is 1. The van der Waals surface area contributed by atoms with Crippen molar-refractivity contribution in [2.24, 2.45) is 16.9 Å². The van der Waals surface area contributed by atoms with E-state index in [9.17, 15) is 4.79 Å². The van der Waals surface area contributed by atoms with E-state index in [0.29, 0.717) is 24.0 Å². The average molecular weight is 445 g/mol. The quantitative estimate of drug-likeness (QED) is 0.338. The lowest BCUT2D eigenvalue weighted by Gasteiger charge is -2.34. The van der Waals surface area contributed by atoms with Gasteiger partial charge in [0.1, 0.15) is 12.4 Å². The highest BCUT2D eigenvalue weighted by atomic mass is 32.1. The standard InChI is InChI=1S/C23H32N4O3S/c1-4-29-22(28)12-20-16-31-23(25-20)26-24-13-19-6-5-7-21(11-19)30-9-8-27-14-17(2)10-18(3)15-27/h5-7,11,13,16-18H,4,8-10,12,14-15H2,1-3H3,(H,25,26). The minimum absolute atomic E-state index is 0.171. The molecule has 1 aromatic heterocycles. The van der Waals surface area contributed by atoms with Gasteiger partial charge < -0.3 is 9.47 Å². The minimum atomic E-state index is -0.274. The SMILES string of the molecule is CCOC(=O)Cc1csc(NN=Cc2cccc(OCCN3CC(C)CC(C)C3)c2)n1. The van der Waals surface area contributed by atoms with E-state index < -0.39 is 0 Å². The van der Waals surface area contributed by atoms with Crippen molar-refractivity contribution in [3.05, 3.63) is 40.9 Å². The lowest BCUT2D eigenvalue weighted by atomic mass is 9.92. The average Bonchev–Trinajstić information content (AvgIpc) is 3.15. The van der Waals surface area contributed by atoms with Gasteiger partial charge in [-0.1, -0.05) is 26.0 Å². The van der Waals surface area contributed by atoms with E-state index in [1.54, 1.807) is 13.1 Å². The Morgan fingerprint density at radius 2 is 2.16 bits per heavy atom. The number of hydrogen-bond donors (Lipinski definition) is 1. The number of rotatable bonds is 10. The van der Waals surface area contributed by atoms with Crippen molar-refractivity contribution in [3.63, 3.8) is 0 Å². The minimum Gasteiger partial charge on any atom is -0.492 e. The summed E-state index contributed by atoms with van der Waals surface area (Å²) in [5.41, 5.74) is 4.52.